The Morgan fingerprint density at radius 2 is 1.70 bits per heavy atom. The van der Waals surface area contributed by atoms with Crippen LogP contribution in [0.4, 0.5) is 0 Å². The lowest BCUT2D eigenvalue weighted by Gasteiger charge is -2.27. The average molecular weight is 296 g/mol. The number of hydrogen-bond donors (Lipinski definition) is 1. The number of carbonyl (C=O) groups excluding carboxylic acids is 1. The van der Waals surface area contributed by atoms with Crippen molar-refractivity contribution in [1.29, 1.82) is 0 Å². The van der Waals surface area contributed by atoms with E-state index in [4.69, 9.17) is 11.6 Å². The zero-order valence-electron chi connectivity index (χ0n) is 12.8. The molecule has 0 aromatic heterocycles. The second-order valence-corrected chi connectivity index (χ2v) is 6.28. The van der Waals surface area contributed by atoms with Crippen LogP contribution in [0.5, 0.6) is 0 Å². The Morgan fingerprint density at radius 1 is 1.10 bits per heavy atom. The van der Waals surface area contributed by atoms with E-state index in [1.54, 1.807) is 0 Å². The highest BCUT2D eigenvalue weighted by atomic mass is 35.5. The minimum Gasteiger partial charge on any atom is -0.347 e. The molecule has 0 radical (unpaired) electrons. The zero-order chi connectivity index (χ0) is 15.0. The maximum Gasteiger partial charge on any atom is 0.220 e. The fourth-order valence-electron chi connectivity index (χ4n) is 2.24. The molecule has 0 aliphatic rings. The molecule has 0 spiro atoms. The predicted molar refractivity (Wildman–Crippen MR) is 86.0 cm³/mol. The van der Waals surface area contributed by atoms with Crippen LogP contribution in [0.3, 0.4) is 0 Å². The molecule has 0 unspecified atom stereocenters. The fourth-order valence-corrected chi connectivity index (χ4v) is 2.36. The molecule has 0 saturated heterocycles. The lowest BCUT2D eigenvalue weighted by molar-refractivity contribution is -0.122. The zero-order valence-corrected chi connectivity index (χ0v) is 13.6. The Morgan fingerprint density at radius 3 is 2.30 bits per heavy atom. The van der Waals surface area contributed by atoms with Crippen LogP contribution in [0.2, 0.25) is 5.02 Å². The van der Waals surface area contributed by atoms with E-state index in [1.807, 2.05) is 38.1 Å². The van der Waals surface area contributed by atoms with Gasteiger partial charge in [-0.25, -0.2) is 0 Å². The van der Waals surface area contributed by atoms with Crippen molar-refractivity contribution >= 4 is 17.5 Å². The molecule has 0 saturated carbocycles. The number of carbonyl (C=O) groups is 1. The maximum absolute atomic E-state index is 12.0. The molecule has 0 aliphatic carbocycles. The summed E-state index contributed by atoms with van der Waals surface area (Å²) in [5, 5.41) is 3.82. The van der Waals surface area contributed by atoms with Gasteiger partial charge in [-0.3, -0.25) is 4.79 Å². The van der Waals surface area contributed by atoms with Crippen molar-refractivity contribution in [3.8, 4) is 0 Å². The lowest BCUT2D eigenvalue weighted by atomic mass is 9.94. The summed E-state index contributed by atoms with van der Waals surface area (Å²) in [4.78, 5) is 12.0. The largest absolute Gasteiger partial charge is 0.347 e. The molecule has 0 heterocycles. The van der Waals surface area contributed by atoms with E-state index in [0.29, 0.717) is 11.4 Å². The lowest BCUT2D eigenvalue weighted by Crippen LogP contribution is -2.40. The van der Waals surface area contributed by atoms with E-state index in [1.165, 1.54) is 19.3 Å². The van der Waals surface area contributed by atoms with Crippen molar-refractivity contribution < 1.29 is 4.79 Å². The molecular formula is C17H26ClNO. The summed E-state index contributed by atoms with van der Waals surface area (Å²) in [5.41, 5.74) is 0.715. The summed E-state index contributed by atoms with van der Waals surface area (Å²) < 4.78 is 0. The first-order valence-corrected chi connectivity index (χ1v) is 7.90. The van der Waals surface area contributed by atoms with Gasteiger partial charge in [0.25, 0.3) is 0 Å². The normalized spacial score (nSPS) is 11.4. The first-order valence-electron chi connectivity index (χ1n) is 7.53. The molecule has 1 amide bonds. The predicted octanol–water partition coefficient (Wildman–Crippen LogP) is 5.05. The van der Waals surface area contributed by atoms with Crippen LogP contribution < -0.4 is 5.32 Å². The smallest absolute Gasteiger partial charge is 0.220 e. The topological polar surface area (TPSA) is 29.1 Å². The number of rotatable bonds is 8. The van der Waals surface area contributed by atoms with Gasteiger partial charge >= 0.3 is 0 Å². The molecule has 1 aromatic rings. The first kappa shape index (κ1) is 17.0. The molecule has 20 heavy (non-hydrogen) atoms. The fraction of sp³-hybridized carbons (Fsp3) is 0.588. The van der Waals surface area contributed by atoms with Gasteiger partial charge < -0.3 is 5.32 Å². The maximum atomic E-state index is 12.0. The number of hydrogen-bond acceptors (Lipinski definition) is 1. The van der Waals surface area contributed by atoms with Gasteiger partial charge in [-0.05, 0) is 38.0 Å². The van der Waals surface area contributed by atoms with Crippen molar-refractivity contribution in [2.75, 3.05) is 0 Å². The monoisotopic (exact) mass is 295 g/mol. The third-order valence-electron chi connectivity index (χ3n) is 3.53. The minimum absolute atomic E-state index is 0.126. The van der Waals surface area contributed by atoms with Crippen molar-refractivity contribution in [1.82, 2.24) is 5.32 Å². The van der Waals surface area contributed by atoms with Gasteiger partial charge in [-0.15, -0.1) is 0 Å². The van der Waals surface area contributed by atoms with Crippen molar-refractivity contribution in [2.45, 2.75) is 64.8 Å². The Kier molecular flexibility index (Phi) is 7.08. The molecule has 3 heteroatoms. The molecule has 0 bridgehead atoms. The molecule has 0 atom stereocenters. The van der Waals surface area contributed by atoms with E-state index < -0.39 is 0 Å². The summed E-state index contributed by atoms with van der Waals surface area (Å²) >= 11 is 5.89. The quantitative estimate of drug-likeness (QED) is 0.668. The van der Waals surface area contributed by atoms with Crippen LogP contribution in [-0.2, 0) is 10.3 Å². The number of nitrogens with one attached hydrogen (secondary N) is 1. The van der Waals surface area contributed by atoms with Crippen LogP contribution in [0.1, 0.15) is 64.9 Å². The molecule has 1 aromatic carbocycles. The van der Waals surface area contributed by atoms with E-state index in [-0.39, 0.29) is 11.4 Å². The van der Waals surface area contributed by atoms with Crippen molar-refractivity contribution in [3.63, 3.8) is 0 Å². The molecule has 2 nitrogen and oxygen atoms in total. The molecule has 112 valence electrons. The Labute approximate surface area is 127 Å². The average Bonchev–Trinajstić information content (AvgIpc) is 2.38. The van der Waals surface area contributed by atoms with Crippen LogP contribution >= 0.6 is 11.6 Å². The summed E-state index contributed by atoms with van der Waals surface area (Å²) in [6.07, 6.45) is 6.45. The van der Waals surface area contributed by atoms with E-state index >= 15 is 0 Å². The van der Waals surface area contributed by atoms with Gasteiger partial charge in [0.05, 0.1) is 5.54 Å². The molecule has 0 fully saturated rings. The summed E-state index contributed by atoms with van der Waals surface area (Å²) in [6, 6.07) is 7.64. The number of halogens is 1. The number of benzene rings is 1. The third kappa shape index (κ3) is 5.96. The van der Waals surface area contributed by atoms with Crippen molar-refractivity contribution in [3.05, 3.63) is 34.9 Å². The highest BCUT2D eigenvalue weighted by molar-refractivity contribution is 6.30. The second kappa shape index (κ2) is 8.31. The summed E-state index contributed by atoms with van der Waals surface area (Å²) in [5.74, 6) is 0.126. The van der Waals surface area contributed by atoms with E-state index in [9.17, 15) is 4.79 Å². The summed E-state index contributed by atoms with van der Waals surface area (Å²) in [6.45, 7) is 6.23. The van der Waals surface area contributed by atoms with Gasteiger partial charge in [0.2, 0.25) is 5.91 Å². The molecule has 1 N–H and O–H groups in total. The standard InChI is InChI=1S/C17H26ClNO/c1-4-5-6-7-8-9-16(20)19-17(2,3)14-10-12-15(18)13-11-14/h10-13H,4-9H2,1-3H3,(H,19,20). The number of unbranched alkanes of at least 4 members (excludes halogenated alkanes) is 4. The molecule has 0 aliphatic heterocycles. The summed E-state index contributed by atoms with van der Waals surface area (Å²) in [7, 11) is 0. The van der Waals surface area contributed by atoms with Crippen molar-refractivity contribution in [2.24, 2.45) is 0 Å². The Bertz CT molecular complexity index is 412. The van der Waals surface area contributed by atoms with Gasteiger partial charge in [-0.2, -0.15) is 0 Å². The van der Waals surface area contributed by atoms with Gasteiger partial charge in [0.1, 0.15) is 0 Å². The van der Waals surface area contributed by atoms with Gasteiger partial charge in [0.15, 0.2) is 0 Å². The van der Waals surface area contributed by atoms with Crippen LogP contribution in [-0.4, -0.2) is 5.91 Å². The highest BCUT2D eigenvalue weighted by Crippen LogP contribution is 2.22. The molecule has 1 rings (SSSR count). The van der Waals surface area contributed by atoms with Gasteiger partial charge in [0, 0.05) is 11.4 Å². The third-order valence-corrected chi connectivity index (χ3v) is 3.78. The highest BCUT2D eigenvalue weighted by Gasteiger charge is 2.22. The first-order chi connectivity index (χ1) is 9.45. The number of amides is 1. The minimum atomic E-state index is -0.356. The van der Waals surface area contributed by atoms with E-state index in [2.05, 4.69) is 12.2 Å². The van der Waals surface area contributed by atoms with Gasteiger partial charge in [-0.1, -0.05) is 56.3 Å². The van der Waals surface area contributed by atoms with Crippen LogP contribution in [0.15, 0.2) is 24.3 Å². The van der Waals surface area contributed by atoms with Crippen LogP contribution in [0.25, 0.3) is 0 Å². The molecular weight excluding hydrogens is 270 g/mol. The second-order valence-electron chi connectivity index (χ2n) is 5.84. The Hall–Kier alpha value is -1.02. The van der Waals surface area contributed by atoms with E-state index in [0.717, 1.165) is 18.4 Å². The SMILES string of the molecule is CCCCCCCC(=O)NC(C)(C)c1ccc(Cl)cc1. The van der Waals surface area contributed by atoms with Crippen LogP contribution in [0, 0.1) is 0 Å². The Balaban J connectivity index is 2.41.